The topological polar surface area (TPSA) is 67.1 Å². The summed E-state index contributed by atoms with van der Waals surface area (Å²) in [5, 5.41) is 20.4. The van der Waals surface area contributed by atoms with Crippen molar-refractivity contribution in [1.82, 2.24) is 24.3 Å². The zero-order valence-corrected chi connectivity index (χ0v) is 11.7. The van der Waals surface area contributed by atoms with Crippen LogP contribution in [-0.4, -0.2) is 50.0 Å². The monoisotopic (exact) mass is 287 g/mol. The van der Waals surface area contributed by atoms with Crippen LogP contribution in [0.1, 0.15) is 17.5 Å². The highest BCUT2D eigenvalue weighted by Crippen LogP contribution is 2.27. The fourth-order valence-electron chi connectivity index (χ4n) is 1.55. The Kier molecular flexibility index (Phi) is 4.28. The second-order valence-electron chi connectivity index (χ2n) is 4.14. The van der Waals surface area contributed by atoms with Crippen LogP contribution in [0.3, 0.4) is 0 Å². The highest BCUT2D eigenvalue weighted by Gasteiger charge is 2.21. The lowest BCUT2D eigenvalue weighted by Gasteiger charge is -2.14. The Bertz CT molecular complexity index is 498. The molecule has 2 rings (SSSR count). The molecule has 0 fully saturated rings. The quantitative estimate of drug-likeness (QED) is 0.890. The number of aliphatic hydroxyl groups excluding tert-OH is 1. The van der Waals surface area contributed by atoms with Gasteiger partial charge in [-0.1, -0.05) is 16.1 Å². The lowest BCUT2D eigenvalue weighted by molar-refractivity contribution is 0.201. The summed E-state index contributed by atoms with van der Waals surface area (Å²) >= 11 is 7.26. The van der Waals surface area contributed by atoms with Crippen molar-refractivity contribution < 1.29 is 5.11 Å². The normalized spacial score (nSPS) is 13.2. The fraction of sp³-hybridized carbons (Fsp3) is 0.500. The second kappa shape index (κ2) is 5.75. The van der Waals surface area contributed by atoms with Gasteiger partial charge in [-0.25, -0.2) is 0 Å². The molecule has 0 amide bonds. The van der Waals surface area contributed by atoms with Crippen molar-refractivity contribution in [3.05, 3.63) is 28.0 Å². The Morgan fingerprint density at radius 1 is 1.56 bits per heavy atom. The van der Waals surface area contributed by atoms with Crippen LogP contribution in [-0.2, 0) is 6.54 Å². The maximum atomic E-state index is 10.2. The molecule has 0 radical (unpaired) electrons. The van der Waals surface area contributed by atoms with Crippen molar-refractivity contribution in [2.24, 2.45) is 0 Å². The molecule has 0 aliphatic rings. The Labute approximate surface area is 114 Å². The number of aliphatic hydroxyl groups is 1. The highest BCUT2D eigenvalue weighted by atomic mass is 35.5. The number of likely N-dealkylation sites (N-methyl/N-ethyl adjacent to an activating group) is 1. The molecule has 0 aliphatic heterocycles. The van der Waals surface area contributed by atoms with Crippen LogP contribution in [0.15, 0.2) is 11.6 Å². The molecular weight excluding hydrogens is 274 g/mol. The van der Waals surface area contributed by atoms with E-state index in [9.17, 15) is 5.11 Å². The summed E-state index contributed by atoms with van der Waals surface area (Å²) in [5.41, 5.74) is 1.06. The van der Waals surface area contributed by atoms with Crippen molar-refractivity contribution in [2.75, 3.05) is 20.6 Å². The van der Waals surface area contributed by atoms with Crippen molar-refractivity contribution in [3.8, 4) is 0 Å². The van der Waals surface area contributed by atoms with Gasteiger partial charge in [-0.05, 0) is 25.6 Å². The van der Waals surface area contributed by atoms with E-state index in [0.29, 0.717) is 23.0 Å². The zero-order valence-electron chi connectivity index (χ0n) is 10.1. The Hall–Kier alpha value is -1.02. The van der Waals surface area contributed by atoms with Crippen LogP contribution in [0.2, 0.25) is 5.02 Å². The summed E-state index contributed by atoms with van der Waals surface area (Å²) in [6, 6.07) is 0. The summed E-state index contributed by atoms with van der Waals surface area (Å²) in [6.07, 6.45) is 0.649. The van der Waals surface area contributed by atoms with Gasteiger partial charge in [0.15, 0.2) is 0 Å². The van der Waals surface area contributed by atoms with Gasteiger partial charge in [0, 0.05) is 11.9 Å². The number of rotatable bonds is 5. The van der Waals surface area contributed by atoms with E-state index in [4.69, 9.17) is 11.6 Å². The van der Waals surface area contributed by atoms with Gasteiger partial charge in [-0.15, -0.1) is 5.10 Å². The Morgan fingerprint density at radius 2 is 2.33 bits per heavy atom. The smallest absolute Gasteiger partial charge is 0.142 e. The third kappa shape index (κ3) is 2.86. The molecule has 18 heavy (non-hydrogen) atoms. The molecule has 6 nitrogen and oxygen atoms in total. The maximum absolute atomic E-state index is 10.2. The third-order valence-corrected chi connectivity index (χ3v) is 3.32. The van der Waals surface area contributed by atoms with Gasteiger partial charge in [-0.3, -0.25) is 4.68 Å². The lowest BCUT2D eigenvalue weighted by atomic mass is 10.2. The summed E-state index contributed by atoms with van der Waals surface area (Å²) in [4.78, 5) is 2.04. The molecule has 1 atom stereocenters. The van der Waals surface area contributed by atoms with Crippen molar-refractivity contribution in [3.63, 3.8) is 0 Å². The molecule has 0 aromatic carbocycles. The average Bonchev–Trinajstić information content (AvgIpc) is 2.94. The molecule has 2 aromatic rings. The van der Waals surface area contributed by atoms with Crippen LogP contribution in [0, 0.1) is 0 Å². The molecule has 1 N–H and O–H groups in total. The van der Waals surface area contributed by atoms with E-state index in [1.54, 1.807) is 10.1 Å². The molecule has 0 spiro atoms. The van der Waals surface area contributed by atoms with E-state index >= 15 is 0 Å². The van der Waals surface area contributed by atoms with Crippen molar-refractivity contribution in [2.45, 2.75) is 12.6 Å². The van der Waals surface area contributed by atoms with E-state index in [1.807, 2.05) is 19.0 Å². The van der Waals surface area contributed by atoms with Crippen LogP contribution in [0.4, 0.5) is 0 Å². The predicted molar refractivity (Wildman–Crippen MR) is 69.8 cm³/mol. The maximum Gasteiger partial charge on any atom is 0.142 e. The number of hydrogen-bond acceptors (Lipinski definition) is 6. The van der Waals surface area contributed by atoms with Gasteiger partial charge < -0.3 is 10.0 Å². The minimum atomic E-state index is -0.888. The summed E-state index contributed by atoms with van der Waals surface area (Å²) < 4.78 is 5.44. The molecular formula is C10H14ClN5OS. The van der Waals surface area contributed by atoms with E-state index in [-0.39, 0.29) is 0 Å². The SMILES string of the molecule is CN(C)CCn1ncc(Cl)c1C(O)c1csnn1. The molecule has 2 aromatic heterocycles. The highest BCUT2D eigenvalue weighted by molar-refractivity contribution is 7.03. The molecule has 0 aliphatic carbocycles. The standard InChI is InChI=1S/C10H14ClN5OS/c1-15(2)3-4-16-9(7(11)5-12-16)10(17)8-6-18-14-13-8/h5-6,10,17H,3-4H2,1-2H3. The first kappa shape index (κ1) is 13.4. The summed E-state index contributed by atoms with van der Waals surface area (Å²) in [7, 11) is 3.96. The van der Waals surface area contributed by atoms with Crippen LogP contribution in [0.25, 0.3) is 0 Å². The van der Waals surface area contributed by atoms with Crippen LogP contribution in [0.5, 0.6) is 0 Å². The van der Waals surface area contributed by atoms with Gasteiger partial charge in [-0.2, -0.15) is 5.10 Å². The summed E-state index contributed by atoms with van der Waals surface area (Å²) in [6.45, 7) is 1.47. The largest absolute Gasteiger partial charge is 0.380 e. The minimum absolute atomic E-state index is 0.439. The van der Waals surface area contributed by atoms with Gasteiger partial charge in [0.1, 0.15) is 11.8 Å². The Balaban J connectivity index is 2.23. The van der Waals surface area contributed by atoms with Crippen molar-refractivity contribution >= 4 is 23.1 Å². The van der Waals surface area contributed by atoms with Gasteiger partial charge >= 0.3 is 0 Å². The molecule has 0 saturated heterocycles. The van der Waals surface area contributed by atoms with Gasteiger partial charge in [0.25, 0.3) is 0 Å². The van der Waals surface area contributed by atoms with Crippen LogP contribution >= 0.6 is 23.1 Å². The minimum Gasteiger partial charge on any atom is -0.380 e. The fourth-order valence-corrected chi connectivity index (χ4v) is 2.26. The predicted octanol–water partition coefficient (Wildman–Crippen LogP) is 1.03. The first-order valence-corrected chi connectivity index (χ1v) is 6.62. The molecule has 8 heteroatoms. The molecule has 0 saturated carbocycles. The lowest BCUT2D eigenvalue weighted by Crippen LogP contribution is -2.21. The van der Waals surface area contributed by atoms with Crippen molar-refractivity contribution in [1.29, 1.82) is 0 Å². The zero-order chi connectivity index (χ0) is 13.1. The number of nitrogens with zero attached hydrogens (tertiary/aromatic N) is 5. The van der Waals surface area contributed by atoms with E-state index in [0.717, 1.165) is 6.54 Å². The first-order chi connectivity index (χ1) is 8.59. The van der Waals surface area contributed by atoms with E-state index in [1.165, 1.54) is 17.7 Å². The van der Waals surface area contributed by atoms with E-state index < -0.39 is 6.10 Å². The third-order valence-electron chi connectivity index (χ3n) is 2.51. The Morgan fingerprint density at radius 3 is 2.94 bits per heavy atom. The van der Waals surface area contributed by atoms with Gasteiger partial charge in [0.05, 0.1) is 23.5 Å². The summed E-state index contributed by atoms with van der Waals surface area (Å²) in [5.74, 6) is 0. The van der Waals surface area contributed by atoms with Gasteiger partial charge in [0.2, 0.25) is 0 Å². The first-order valence-electron chi connectivity index (χ1n) is 5.40. The number of aromatic nitrogens is 4. The molecule has 1 unspecified atom stereocenters. The average molecular weight is 288 g/mol. The molecule has 0 bridgehead atoms. The second-order valence-corrected chi connectivity index (χ2v) is 5.15. The number of halogens is 1. The molecule has 2 heterocycles. The molecule has 98 valence electrons. The van der Waals surface area contributed by atoms with E-state index in [2.05, 4.69) is 14.7 Å². The van der Waals surface area contributed by atoms with Crippen LogP contribution < -0.4 is 0 Å². The number of hydrogen-bond donors (Lipinski definition) is 1.